The fourth-order valence-electron chi connectivity index (χ4n) is 2.87. The maximum atomic E-state index is 13.1. The molecule has 0 spiro atoms. The van der Waals surface area contributed by atoms with Gasteiger partial charge >= 0.3 is 0 Å². The smallest absolute Gasteiger partial charge is 0.256 e. The molecular weight excluding hydrogens is 398 g/mol. The highest BCUT2D eigenvalue weighted by molar-refractivity contribution is 6.30. The monoisotopic (exact) mass is 419 g/mol. The third-order valence-corrected chi connectivity index (χ3v) is 4.68. The lowest BCUT2D eigenvalue weighted by Gasteiger charge is -2.27. The second-order valence-electron chi connectivity index (χ2n) is 7.11. The molecule has 6 heteroatoms. The highest BCUT2D eigenvalue weighted by Gasteiger charge is 2.25. The molecule has 2 aromatic carbocycles. The lowest BCUT2D eigenvalue weighted by Crippen LogP contribution is -2.42. The van der Waals surface area contributed by atoms with Gasteiger partial charge < -0.3 is 10.1 Å². The molecule has 5 nitrogen and oxygen atoms in total. The van der Waals surface area contributed by atoms with Gasteiger partial charge in [0, 0.05) is 23.0 Å². The van der Waals surface area contributed by atoms with Crippen LogP contribution in [0.1, 0.15) is 24.2 Å². The quantitative estimate of drug-likeness (QED) is 0.547. The number of nitrogens with zero attached hydrogens (tertiary/aromatic N) is 2. The van der Waals surface area contributed by atoms with Crippen molar-refractivity contribution in [2.45, 2.75) is 19.4 Å². The number of pyridine rings is 1. The molecule has 0 radical (unpaired) electrons. The zero-order chi connectivity index (χ0) is 21.7. The van der Waals surface area contributed by atoms with Crippen molar-refractivity contribution in [1.29, 1.82) is 0 Å². The van der Waals surface area contributed by atoms with Crippen LogP contribution in [0.4, 0.5) is 17.2 Å². The van der Waals surface area contributed by atoms with Crippen LogP contribution in [0.25, 0.3) is 0 Å². The first-order valence-corrected chi connectivity index (χ1v) is 9.67. The van der Waals surface area contributed by atoms with E-state index in [0.717, 1.165) is 11.4 Å². The van der Waals surface area contributed by atoms with Crippen LogP contribution in [0.5, 0.6) is 5.75 Å². The van der Waals surface area contributed by atoms with Crippen LogP contribution in [0.2, 0.25) is 5.02 Å². The summed E-state index contributed by atoms with van der Waals surface area (Å²) in [6.07, 6.45) is 7.18. The third kappa shape index (κ3) is 4.73. The fraction of sp³-hybridized carbons (Fsp3) is 0.167. The Hall–Kier alpha value is -3.49. The molecule has 1 aromatic heterocycles. The summed E-state index contributed by atoms with van der Waals surface area (Å²) in [6.45, 7) is 3.53. The Morgan fingerprint density at radius 1 is 1.13 bits per heavy atom. The molecule has 0 bridgehead atoms. The average Bonchev–Trinajstić information content (AvgIpc) is 2.75. The van der Waals surface area contributed by atoms with E-state index in [1.54, 1.807) is 51.4 Å². The van der Waals surface area contributed by atoms with E-state index >= 15 is 0 Å². The molecule has 0 atom stereocenters. The summed E-state index contributed by atoms with van der Waals surface area (Å²) in [5.74, 6) is 3.40. The van der Waals surface area contributed by atoms with Crippen LogP contribution in [0.15, 0.2) is 66.9 Å². The highest BCUT2D eigenvalue weighted by atomic mass is 35.5. The van der Waals surface area contributed by atoms with Gasteiger partial charge in [-0.25, -0.2) is 4.98 Å². The molecule has 0 saturated carbocycles. The minimum Gasteiger partial charge on any atom is -0.497 e. The molecule has 1 amide bonds. The largest absolute Gasteiger partial charge is 0.497 e. The van der Waals surface area contributed by atoms with Gasteiger partial charge in [0.2, 0.25) is 0 Å². The Bertz CT molecular complexity index is 1090. The second-order valence-corrected chi connectivity index (χ2v) is 7.55. The van der Waals surface area contributed by atoms with Crippen LogP contribution in [0.3, 0.4) is 0 Å². The van der Waals surface area contributed by atoms with Crippen LogP contribution >= 0.6 is 11.6 Å². The Labute approximate surface area is 181 Å². The van der Waals surface area contributed by atoms with Gasteiger partial charge in [-0.05, 0) is 62.4 Å². The number of carbonyl (C=O) groups excluding carboxylic acids is 1. The van der Waals surface area contributed by atoms with Crippen molar-refractivity contribution < 1.29 is 9.53 Å². The van der Waals surface area contributed by atoms with E-state index in [0.29, 0.717) is 22.2 Å². The van der Waals surface area contributed by atoms with Crippen LogP contribution in [-0.2, 0) is 0 Å². The standard InChI is InChI=1S/C24H22ClN3O2/c1-5-24(2,3)27-23(29)21-10-7-15-26-22(21)28(18-13-11-17(25)12-14-18)19-8-6-9-20(16-19)30-4/h1,6-16H,2-4H3,(H,27,29). The maximum absolute atomic E-state index is 13.1. The number of aromatic nitrogens is 1. The van der Waals surface area contributed by atoms with Gasteiger partial charge in [0.15, 0.2) is 0 Å². The number of methoxy groups -OCH3 is 1. The van der Waals surface area contributed by atoms with Crippen LogP contribution < -0.4 is 15.0 Å². The van der Waals surface area contributed by atoms with Crippen molar-refractivity contribution in [2.75, 3.05) is 12.0 Å². The van der Waals surface area contributed by atoms with E-state index in [9.17, 15) is 4.79 Å². The van der Waals surface area contributed by atoms with Crippen molar-refractivity contribution in [3.05, 3.63) is 77.4 Å². The highest BCUT2D eigenvalue weighted by Crippen LogP contribution is 2.37. The number of hydrogen-bond acceptors (Lipinski definition) is 4. The number of halogens is 1. The molecule has 1 heterocycles. The SMILES string of the molecule is C#CC(C)(C)NC(=O)c1cccnc1N(c1ccc(Cl)cc1)c1cccc(OC)c1. The number of carbonyl (C=O) groups is 1. The molecule has 0 saturated heterocycles. The number of anilines is 3. The molecule has 0 unspecified atom stereocenters. The molecule has 0 aliphatic rings. The van der Waals surface area contributed by atoms with E-state index in [1.165, 1.54) is 0 Å². The van der Waals surface area contributed by atoms with Crippen molar-refractivity contribution >= 4 is 34.7 Å². The van der Waals surface area contributed by atoms with Gasteiger partial charge in [-0.3, -0.25) is 9.69 Å². The van der Waals surface area contributed by atoms with E-state index in [4.69, 9.17) is 22.8 Å². The molecule has 3 rings (SSSR count). The first kappa shape index (κ1) is 21.2. The normalized spacial score (nSPS) is 10.8. The Morgan fingerprint density at radius 2 is 1.87 bits per heavy atom. The maximum Gasteiger partial charge on any atom is 0.256 e. The average molecular weight is 420 g/mol. The molecular formula is C24H22ClN3O2. The van der Waals surface area contributed by atoms with Crippen LogP contribution in [-0.4, -0.2) is 23.5 Å². The number of amides is 1. The predicted molar refractivity (Wildman–Crippen MR) is 121 cm³/mol. The van der Waals surface area contributed by atoms with Gasteiger partial charge in [0.1, 0.15) is 11.6 Å². The molecule has 1 N–H and O–H groups in total. The molecule has 30 heavy (non-hydrogen) atoms. The van der Waals surface area contributed by atoms with Gasteiger partial charge in [-0.1, -0.05) is 23.6 Å². The van der Waals surface area contributed by atoms with Crippen molar-refractivity contribution in [3.63, 3.8) is 0 Å². The Kier molecular flexibility index (Phi) is 6.29. The topological polar surface area (TPSA) is 54.5 Å². The van der Waals surface area contributed by atoms with Crippen molar-refractivity contribution in [1.82, 2.24) is 10.3 Å². The Balaban J connectivity index is 2.16. The molecule has 0 aliphatic heterocycles. The number of benzene rings is 2. The summed E-state index contributed by atoms with van der Waals surface area (Å²) < 4.78 is 5.38. The van der Waals surface area contributed by atoms with E-state index in [2.05, 4.69) is 16.2 Å². The first-order chi connectivity index (χ1) is 14.3. The summed E-state index contributed by atoms with van der Waals surface area (Å²) in [5, 5.41) is 3.47. The molecule has 152 valence electrons. The predicted octanol–water partition coefficient (Wildman–Crippen LogP) is 5.36. The number of nitrogens with one attached hydrogen (secondary N) is 1. The summed E-state index contributed by atoms with van der Waals surface area (Å²) in [6, 6.07) is 18.2. The van der Waals surface area contributed by atoms with Gasteiger partial charge in [0.05, 0.1) is 23.9 Å². The lowest BCUT2D eigenvalue weighted by atomic mass is 10.1. The number of terminal acetylenes is 1. The molecule has 0 aliphatic carbocycles. The fourth-order valence-corrected chi connectivity index (χ4v) is 3.00. The summed E-state index contributed by atoms with van der Waals surface area (Å²) in [4.78, 5) is 19.5. The second kappa shape index (κ2) is 8.89. The third-order valence-electron chi connectivity index (χ3n) is 4.43. The summed E-state index contributed by atoms with van der Waals surface area (Å²) in [5.41, 5.74) is 1.15. The van der Waals surface area contributed by atoms with Gasteiger partial charge in [-0.2, -0.15) is 0 Å². The minimum absolute atomic E-state index is 0.317. The van der Waals surface area contributed by atoms with Crippen LogP contribution in [0, 0.1) is 12.3 Å². The number of hydrogen-bond donors (Lipinski definition) is 1. The van der Waals surface area contributed by atoms with Gasteiger partial charge in [-0.15, -0.1) is 6.42 Å². The van der Waals surface area contributed by atoms with Crippen molar-refractivity contribution in [2.24, 2.45) is 0 Å². The number of rotatable bonds is 6. The zero-order valence-electron chi connectivity index (χ0n) is 17.0. The zero-order valence-corrected chi connectivity index (χ0v) is 17.8. The lowest BCUT2D eigenvalue weighted by molar-refractivity contribution is 0.0930. The van der Waals surface area contributed by atoms with E-state index in [-0.39, 0.29) is 5.91 Å². The summed E-state index contributed by atoms with van der Waals surface area (Å²) >= 11 is 6.09. The molecule has 0 fully saturated rings. The van der Waals surface area contributed by atoms with Crippen molar-refractivity contribution in [3.8, 4) is 18.1 Å². The number of ether oxygens (including phenoxy) is 1. The van der Waals surface area contributed by atoms with Gasteiger partial charge in [0.25, 0.3) is 5.91 Å². The summed E-state index contributed by atoms with van der Waals surface area (Å²) in [7, 11) is 1.60. The minimum atomic E-state index is -0.800. The first-order valence-electron chi connectivity index (χ1n) is 9.29. The Morgan fingerprint density at radius 3 is 2.53 bits per heavy atom. The molecule has 3 aromatic rings. The van der Waals surface area contributed by atoms with E-state index < -0.39 is 5.54 Å². The van der Waals surface area contributed by atoms with E-state index in [1.807, 2.05) is 41.3 Å².